The van der Waals surface area contributed by atoms with E-state index in [4.69, 9.17) is 17.3 Å². The summed E-state index contributed by atoms with van der Waals surface area (Å²) in [4.78, 5) is 0. The molecule has 0 spiro atoms. The number of hydrogen-bond acceptors (Lipinski definition) is 3. The van der Waals surface area contributed by atoms with Crippen molar-refractivity contribution in [1.82, 2.24) is 15.0 Å². The van der Waals surface area contributed by atoms with E-state index in [1.807, 2.05) is 0 Å². The van der Waals surface area contributed by atoms with Gasteiger partial charge in [0.05, 0.1) is 16.8 Å². The van der Waals surface area contributed by atoms with Crippen LogP contribution in [-0.4, -0.2) is 15.0 Å². The summed E-state index contributed by atoms with van der Waals surface area (Å²) >= 11 is 9.14. The number of halogens is 3. The monoisotopic (exact) mass is 318 g/mol. The second-order valence-corrected chi connectivity index (χ2v) is 4.64. The van der Waals surface area contributed by atoms with Crippen molar-refractivity contribution in [2.75, 3.05) is 0 Å². The van der Waals surface area contributed by atoms with Crippen LogP contribution < -0.4 is 5.73 Å². The van der Waals surface area contributed by atoms with Crippen LogP contribution >= 0.6 is 27.5 Å². The Balaban J connectivity index is 2.51. The highest BCUT2D eigenvalue weighted by atomic mass is 79.9. The first-order valence-electron chi connectivity index (χ1n) is 4.77. The van der Waals surface area contributed by atoms with Crippen molar-refractivity contribution in [3.8, 4) is 0 Å². The van der Waals surface area contributed by atoms with Crippen molar-refractivity contribution in [1.29, 1.82) is 0 Å². The van der Waals surface area contributed by atoms with E-state index in [2.05, 4.69) is 26.2 Å². The molecule has 90 valence electrons. The van der Waals surface area contributed by atoms with E-state index in [-0.39, 0.29) is 5.02 Å². The fourth-order valence-corrected chi connectivity index (χ4v) is 2.39. The molecule has 0 aliphatic carbocycles. The summed E-state index contributed by atoms with van der Waals surface area (Å²) in [5.74, 6) is -0.495. The van der Waals surface area contributed by atoms with Gasteiger partial charge in [0, 0.05) is 7.05 Å². The van der Waals surface area contributed by atoms with Gasteiger partial charge in [0.2, 0.25) is 0 Å². The highest BCUT2D eigenvalue weighted by molar-refractivity contribution is 9.10. The minimum absolute atomic E-state index is 0.0214. The van der Waals surface area contributed by atoms with Crippen molar-refractivity contribution in [2.45, 2.75) is 6.04 Å². The quantitative estimate of drug-likeness (QED) is 0.925. The van der Waals surface area contributed by atoms with Gasteiger partial charge in [0.1, 0.15) is 5.82 Å². The number of nitrogens with two attached hydrogens (primary N) is 1. The van der Waals surface area contributed by atoms with Gasteiger partial charge in [-0.25, -0.2) is 9.07 Å². The van der Waals surface area contributed by atoms with Crippen molar-refractivity contribution >= 4 is 27.5 Å². The van der Waals surface area contributed by atoms with E-state index in [0.29, 0.717) is 15.9 Å². The van der Waals surface area contributed by atoms with Crippen molar-refractivity contribution in [3.63, 3.8) is 0 Å². The summed E-state index contributed by atoms with van der Waals surface area (Å²) < 4.78 is 15.4. The molecular formula is C10H9BrClFN4. The maximum absolute atomic E-state index is 13.3. The lowest BCUT2D eigenvalue weighted by molar-refractivity contribution is 0.618. The van der Waals surface area contributed by atoms with Crippen LogP contribution in [0.15, 0.2) is 22.8 Å². The van der Waals surface area contributed by atoms with Crippen LogP contribution in [0, 0.1) is 5.82 Å². The summed E-state index contributed by atoms with van der Waals surface area (Å²) in [5.41, 5.74) is 7.18. The molecule has 7 heteroatoms. The number of hydrogen-bond donors (Lipinski definition) is 1. The molecule has 17 heavy (non-hydrogen) atoms. The lowest BCUT2D eigenvalue weighted by Gasteiger charge is -2.14. The molecule has 4 nitrogen and oxygen atoms in total. The van der Waals surface area contributed by atoms with E-state index in [0.717, 1.165) is 0 Å². The van der Waals surface area contributed by atoms with E-state index in [1.54, 1.807) is 19.2 Å². The maximum atomic E-state index is 13.3. The fraction of sp³-hybridized carbons (Fsp3) is 0.200. The zero-order chi connectivity index (χ0) is 12.6. The third-order valence-electron chi connectivity index (χ3n) is 2.44. The minimum atomic E-state index is -0.590. The zero-order valence-corrected chi connectivity index (χ0v) is 11.2. The Hall–Kier alpha value is -0.980. The van der Waals surface area contributed by atoms with Crippen LogP contribution in [0.5, 0.6) is 0 Å². The number of rotatable bonds is 2. The fourth-order valence-electron chi connectivity index (χ4n) is 1.58. The topological polar surface area (TPSA) is 56.7 Å². The molecule has 0 amide bonds. The molecule has 0 saturated heterocycles. The smallest absolute Gasteiger partial charge is 0.153 e. The standard InChI is InChI=1S/C10H9BrClFN4/c1-17-9(10(11)15-16-17)8(14)5-3-2-4-6(13)7(5)12/h2-4,8H,14H2,1H3. The molecule has 1 heterocycles. The average Bonchev–Trinajstić information content (AvgIpc) is 2.62. The molecule has 1 unspecified atom stereocenters. The van der Waals surface area contributed by atoms with Gasteiger partial charge in [0.25, 0.3) is 0 Å². The van der Waals surface area contributed by atoms with Gasteiger partial charge in [0.15, 0.2) is 4.60 Å². The second-order valence-electron chi connectivity index (χ2n) is 3.51. The summed E-state index contributed by atoms with van der Waals surface area (Å²) in [6.45, 7) is 0. The largest absolute Gasteiger partial charge is 0.319 e. The van der Waals surface area contributed by atoms with Crippen LogP contribution in [-0.2, 0) is 7.05 Å². The Morgan fingerprint density at radius 3 is 2.82 bits per heavy atom. The van der Waals surface area contributed by atoms with Gasteiger partial charge in [-0.3, -0.25) is 0 Å². The Morgan fingerprint density at radius 1 is 1.53 bits per heavy atom. The first-order valence-corrected chi connectivity index (χ1v) is 5.94. The summed E-state index contributed by atoms with van der Waals surface area (Å²) in [6.07, 6.45) is 0. The molecule has 0 fully saturated rings. The molecule has 0 aliphatic rings. The molecule has 1 aromatic heterocycles. The predicted octanol–water partition coefficient (Wildman–Crippen LogP) is 2.42. The van der Waals surface area contributed by atoms with Crippen molar-refractivity contribution in [2.24, 2.45) is 12.8 Å². The van der Waals surface area contributed by atoms with Crippen LogP contribution in [0.3, 0.4) is 0 Å². The predicted molar refractivity (Wildman–Crippen MR) is 66.1 cm³/mol. The molecular weight excluding hydrogens is 310 g/mol. The Kier molecular flexibility index (Phi) is 3.46. The molecule has 1 atom stereocenters. The second kappa shape index (κ2) is 4.72. The number of benzene rings is 1. The summed E-state index contributed by atoms with van der Waals surface area (Å²) in [6, 6.07) is 3.94. The van der Waals surface area contributed by atoms with E-state index < -0.39 is 11.9 Å². The van der Waals surface area contributed by atoms with Crippen molar-refractivity contribution in [3.05, 3.63) is 44.9 Å². The lowest BCUT2D eigenvalue weighted by Crippen LogP contribution is -2.17. The van der Waals surface area contributed by atoms with Gasteiger partial charge < -0.3 is 5.73 Å². The first-order chi connectivity index (χ1) is 8.02. The molecule has 0 saturated carbocycles. The molecule has 0 radical (unpaired) electrons. The van der Waals surface area contributed by atoms with Gasteiger partial charge >= 0.3 is 0 Å². The molecule has 0 bridgehead atoms. The normalized spacial score (nSPS) is 12.8. The Bertz CT molecular complexity index is 538. The number of aromatic nitrogens is 3. The molecule has 0 aliphatic heterocycles. The highest BCUT2D eigenvalue weighted by Crippen LogP contribution is 2.30. The lowest BCUT2D eigenvalue weighted by atomic mass is 10.0. The third-order valence-corrected chi connectivity index (χ3v) is 3.40. The Labute approximate surface area is 111 Å². The van der Waals surface area contributed by atoms with Gasteiger partial charge in [-0.05, 0) is 27.6 Å². The van der Waals surface area contributed by atoms with Crippen molar-refractivity contribution < 1.29 is 4.39 Å². The average molecular weight is 320 g/mol. The number of aryl methyl sites for hydroxylation is 1. The Morgan fingerprint density at radius 2 is 2.24 bits per heavy atom. The van der Waals surface area contributed by atoms with Gasteiger partial charge in [-0.2, -0.15) is 0 Å². The molecule has 2 aromatic rings. The van der Waals surface area contributed by atoms with Crippen LogP contribution in [0.4, 0.5) is 4.39 Å². The SMILES string of the molecule is Cn1nnc(Br)c1C(N)c1cccc(F)c1Cl. The summed E-state index contributed by atoms with van der Waals surface area (Å²) in [5, 5.41) is 7.67. The van der Waals surface area contributed by atoms with Crippen LogP contribution in [0.1, 0.15) is 17.3 Å². The zero-order valence-electron chi connectivity index (χ0n) is 8.86. The number of nitrogens with zero attached hydrogens (tertiary/aromatic N) is 3. The van der Waals surface area contributed by atoms with Gasteiger partial charge in [-0.15, -0.1) is 5.10 Å². The molecule has 2 rings (SSSR count). The van der Waals surface area contributed by atoms with E-state index in [1.165, 1.54) is 10.7 Å². The minimum Gasteiger partial charge on any atom is -0.319 e. The molecule has 1 aromatic carbocycles. The first kappa shape index (κ1) is 12.5. The summed E-state index contributed by atoms with van der Waals surface area (Å²) in [7, 11) is 1.71. The van der Waals surface area contributed by atoms with Crippen LogP contribution in [0.25, 0.3) is 0 Å². The van der Waals surface area contributed by atoms with Crippen LogP contribution in [0.2, 0.25) is 5.02 Å². The third kappa shape index (κ3) is 2.20. The highest BCUT2D eigenvalue weighted by Gasteiger charge is 2.21. The molecule has 2 N–H and O–H groups in total. The van der Waals surface area contributed by atoms with E-state index >= 15 is 0 Å². The van der Waals surface area contributed by atoms with E-state index in [9.17, 15) is 4.39 Å². The van der Waals surface area contributed by atoms with Gasteiger partial charge in [-0.1, -0.05) is 28.9 Å². The maximum Gasteiger partial charge on any atom is 0.153 e.